The number of nitriles is 1. The molecule has 0 aromatic heterocycles. The van der Waals surface area contributed by atoms with Crippen molar-refractivity contribution >= 4 is 5.97 Å². The second-order valence-electron chi connectivity index (χ2n) is 3.84. The molecule has 1 atom stereocenters. The normalized spacial score (nSPS) is 13.6. The van der Waals surface area contributed by atoms with Gasteiger partial charge in [-0.25, -0.2) is 4.79 Å². The third-order valence-electron chi connectivity index (χ3n) is 2.42. The van der Waals surface area contributed by atoms with Crippen molar-refractivity contribution in [1.82, 2.24) is 0 Å². The summed E-state index contributed by atoms with van der Waals surface area (Å²) in [6, 6.07) is 1.05. The van der Waals surface area contributed by atoms with Crippen molar-refractivity contribution in [3.8, 4) is 6.07 Å². The number of aliphatic hydroxyl groups is 1. The molecule has 114 valence electrons. The number of aliphatic hydroxyl groups excluding tert-OH is 1. The van der Waals surface area contributed by atoms with Crippen molar-refractivity contribution in [2.75, 3.05) is 0 Å². The van der Waals surface area contributed by atoms with Gasteiger partial charge in [-0.3, -0.25) is 0 Å². The highest BCUT2D eigenvalue weighted by Gasteiger charge is 2.45. The molecule has 1 aromatic rings. The highest BCUT2D eigenvalue weighted by molar-refractivity contribution is 5.74. The van der Waals surface area contributed by atoms with Gasteiger partial charge in [-0.05, 0) is 17.7 Å². The minimum absolute atomic E-state index is 0.136. The van der Waals surface area contributed by atoms with Crippen LogP contribution < -0.4 is 0 Å². The number of alkyl halides is 6. The van der Waals surface area contributed by atoms with Crippen molar-refractivity contribution in [3.05, 3.63) is 34.4 Å². The zero-order chi connectivity index (χ0) is 16.6. The first-order chi connectivity index (χ1) is 9.39. The van der Waals surface area contributed by atoms with Crippen LogP contribution in [0.4, 0.5) is 26.3 Å². The van der Waals surface area contributed by atoms with Gasteiger partial charge in [-0.15, -0.1) is 0 Å². The van der Waals surface area contributed by atoms with E-state index in [4.69, 9.17) is 15.5 Å². The van der Waals surface area contributed by atoms with Crippen molar-refractivity contribution in [2.45, 2.75) is 18.5 Å². The molecule has 4 nitrogen and oxygen atoms in total. The number of aliphatic carboxylic acids is 1. The monoisotopic (exact) mass is 313 g/mol. The fourth-order valence-corrected chi connectivity index (χ4v) is 1.58. The summed E-state index contributed by atoms with van der Waals surface area (Å²) in [4.78, 5) is 10.5. The molecule has 0 radical (unpaired) electrons. The molecule has 1 rings (SSSR count). The lowest BCUT2D eigenvalue weighted by Gasteiger charge is -2.19. The van der Waals surface area contributed by atoms with E-state index in [2.05, 4.69) is 0 Å². The summed E-state index contributed by atoms with van der Waals surface area (Å²) in [5.74, 6) is -1.97. The molecule has 0 aliphatic heterocycles. The maximum atomic E-state index is 12.7. The number of carboxylic acids is 1. The van der Waals surface area contributed by atoms with E-state index in [-0.39, 0.29) is 12.1 Å². The van der Waals surface area contributed by atoms with Gasteiger partial charge >= 0.3 is 18.3 Å². The third-order valence-corrected chi connectivity index (χ3v) is 2.42. The molecular formula is C11H5F6NO3. The topological polar surface area (TPSA) is 81.3 Å². The number of halogens is 6. The Morgan fingerprint density at radius 3 is 2.00 bits per heavy atom. The van der Waals surface area contributed by atoms with Crippen LogP contribution in [0.15, 0.2) is 12.1 Å². The fourth-order valence-electron chi connectivity index (χ4n) is 1.58. The standard InChI is InChI=1S/C11H5F6NO3/c12-10(13,14)6-2-4(8(19)9(20)21)1-5(3-18)7(6)11(15,16)17/h1-2,8,19H,(H,20,21). The molecule has 0 heterocycles. The van der Waals surface area contributed by atoms with Crippen LogP contribution in [0.3, 0.4) is 0 Å². The molecule has 0 aliphatic carbocycles. The largest absolute Gasteiger partial charge is 0.479 e. The Labute approximate surface area is 112 Å². The van der Waals surface area contributed by atoms with E-state index < -0.39 is 46.7 Å². The minimum Gasteiger partial charge on any atom is -0.479 e. The zero-order valence-electron chi connectivity index (χ0n) is 9.75. The van der Waals surface area contributed by atoms with Gasteiger partial charge < -0.3 is 10.2 Å². The van der Waals surface area contributed by atoms with Crippen molar-refractivity contribution < 1.29 is 41.4 Å². The Bertz CT molecular complexity index is 614. The van der Waals surface area contributed by atoms with E-state index in [0.29, 0.717) is 0 Å². The summed E-state index contributed by atoms with van der Waals surface area (Å²) in [7, 11) is 0. The number of carboxylic acid groups (broad SMARTS) is 1. The van der Waals surface area contributed by atoms with Crippen LogP contribution in [-0.4, -0.2) is 16.2 Å². The molecule has 1 aromatic carbocycles. The summed E-state index contributed by atoms with van der Waals surface area (Å²) >= 11 is 0. The van der Waals surface area contributed by atoms with Gasteiger partial charge in [0.25, 0.3) is 0 Å². The Balaban J connectivity index is 3.76. The third kappa shape index (κ3) is 3.43. The van der Waals surface area contributed by atoms with Crippen LogP contribution >= 0.6 is 0 Å². The lowest BCUT2D eigenvalue weighted by molar-refractivity contribution is -0.162. The second kappa shape index (κ2) is 5.25. The number of carbonyl (C=O) groups is 1. The SMILES string of the molecule is N#Cc1cc(C(O)C(=O)O)cc(C(F)(F)F)c1C(F)(F)F. The van der Waals surface area contributed by atoms with Crippen LogP contribution in [0.25, 0.3) is 0 Å². The Morgan fingerprint density at radius 1 is 1.14 bits per heavy atom. The summed E-state index contributed by atoms with van der Waals surface area (Å²) in [6.07, 6.45) is -13.4. The highest BCUT2D eigenvalue weighted by atomic mass is 19.4. The quantitative estimate of drug-likeness (QED) is 0.823. The Morgan fingerprint density at radius 2 is 1.67 bits per heavy atom. The predicted molar refractivity (Wildman–Crippen MR) is 53.8 cm³/mol. The van der Waals surface area contributed by atoms with E-state index in [0.717, 1.165) is 6.07 Å². The van der Waals surface area contributed by atoms with Gasteiger partial charge in [0, 0.05) is 0 Å². The Hall–Kier alpha value is -2.28. The molecule has 10 heteroatoms. The molecule has 0 amide bonds. The molecule has 0 spiro atoms. The molecule has 0 bridgehead atoms. The lowest BCUT2D eigenvalue weighted by Crippen LogP contribution is -2.20. The smallest absolute Gasteiger partial charge is 0.418 e. The van der Waals surface area contributed by atoms with E-state index in [1.165, 1.54) is 0 Å². The van der Waals surface area contributed by atoms with Gasteiger partial charge in [0.2, 0.25) is 0 Å². The van der Waals surface area contributed by atoms with E-state index >= 15 is 0 Å². The molecule has 0 saturated heterocycles. The average molecular weight is 313 g/mol. The van der Waals surface area contributed by atoms with Gasteiger partial charge in [0.15, 0.2) is 6.10 Å². The van der Waals surface area contributed by atoms with E-state index in [1.54, 1.807) is 0 Å². The molecule has 0 saturated carbocycles. The lowest BCUT2D eigenvalue weighted by atomic mass is 9.95. The van der Waals surface area contributed by atoms with Crippen molar-refractivity contribution in [2.24, 2.45) is 0 Å². The minimum atomic E-state index is -5.48. The molecular weight excluding hydrogens is 308 g/mol. The summed E-state index contributed by atoms with van der Waals surface area (Å²) < 4.78 is 76.2. The van der Waals surface area contributed by atoms with Crippen LogP contribution in [0, 0.1) is 11.3 Å². The number of hydrogen-bond donors (Lipinski definition) is 2. The highest BCUT2D eigenvalue weighted by Crippen LogP contribution is 2.43. The van der Waals surface area contributed by atoms with Gasteiger partial charge in [-0.2, -0.15) is 31.6 Å². The van der Waals surface area contributed by atoms with Crippen LogP contribution in [0.5, 0.6) is 0 Å². The first-order valence-electron chi connectivity index (χ1n) is 5.03. The average Bonchev–Trinajstić information content (AvgIpc) is 2.33. The van der Waals surface area contributed by atoms with E-state index in [1.807, 2.05) is 0 Å². The molecule has 2 N–H and O–H groups in total. The second-order valence-corrected chi connectivity index (χ2v) is 3.84. The molecule has 0 fully saturated rings. The Kier molecular flexibility index (Phi) is 4.19. The van der Waals surface area contributed by atoms with Gasteiger partial charge in [0.1, 0.15) is 0 Å². The first-order valence-corrected chi connectivity index (χ1v) is 5.03. The van der Waals surface area contributed by atoms with Crippen LogP contribution in [0.2, 0.25) is 0 Å². The van der Waals surface area contributed by atoms with Crippen molar-refractivity contribution in [1.29, 1.82) is 5.26 Å². The van der Waals surface area contributed by atoms with Crippen LogP contribution in [-0.2, 0) is 17.1 Å². The van der Waals surface area contributed by atoms with Gasteiger partial charge in [0.05, 0.1) is 22.8 Å². The number of hydrogen-bond acceptors (Lipinski definition) is 3. The molecule has 21 heavy (non-hydrogen) atoms. The zero-order valence-corrected chi connectivity index (χ0v) is 9.75. The van der Waals surface area contributed by atoms with E-state index in [9.17, 15) is 31.1 Å². The maximum Gasteiger partial charge on any atom is 0.418 e. The van der Waals surface area contributed by atoms with Crippen LogP contribution in [0.1, 0.15) is 28.4 Å². The number of benzene rings is 1. The summed E-state index contributed by atoms with van der Waals surface area (Å²) in [5.41, 5.74) is -6.85. The van der Waals surface area contributed by atoms with Gasteiger partial charge in [-0.1, -0.05) is 0 Å². The van der Waals surface area contributed by atoms with Crippen molar-refractivity contribution in [3.63, 3.8) is 0 Å². The fraction of sp³-hybridized carbons (Fsp3) is 0.273. The maximum absolute atomic E-state index is 12.7. The predicted octanol–water partition coefficient (Wildman–Crippen LogP) is 2.71. The summed E-state index contributed by atoms with van der Waals surface area (Å²) in [6.45, 7) is 0. The molecule has 1 unspecified atom stereocenters. The number of nitrogens with zero attached hydrogens (tertiary/aromatic N) is 1. The molecule has 0 aliphatic rings. The number of rotatable bonds is 2. The first kappa shape index (κ1) is 16.8. The summed E-state index contributed by atoms with van der Waals surface area (Å²) in [5, 5.41) is 26.2.